The largest absolute Gasteiger partial charge is 0.442 e. The molecule has 2 N–H and O–H groups in total. The number of thioether (sulfide) groups is 1. The van der Waals surface area contributed by atoms with Gasteiger partial charge in [-0.25, -0.2) is 0 Å². The predicted molar refractivity (Wildman–Crippen MR) is 93.0 cm³/mol. The van der Waals surface area contributed by atoms with E-state index in [4.69, 9.17) is 11.6 Å². The Morgan fingerprint density at radius 2 is 1.52 bits per heavy atom. The van der Waals surface area contributed by atoms with E-state index in [-0.39, 0.29) is 11.4 Å². The minimum absolute atomic E-state index is 0.206. The SMILES string of the molecule is O=C(CSC(F)(F)F)Nc1ccccc1NC(=O)c1ccc(Cl)cc1. The molecule has 0 aliphatic rings. The second kappa shape index (κ2) is 8.26. The van der Waals surface area contributed by atoms with Crippen molar-refractivity contribution in [3.05, 3.63) is 59.1 Å². The molecule has 9 heteroatoms. The molecule has 0 bridgehead atoms. The summed E-state index contributed by atoms with van der Waals surface area (Å²) in [6, 6.07) is 12.4. The number of carbonyl (C=O) groups excluding carboxylic acids is 2. The summed E-state index contributed by atoms with van der Waals surface area (Å²) in [7, 11) is 0. The highest BCUT2D eigenvalue weighted by atomic mass is 35.5. The summed E-state index contributed by atoms with van der Waals surface area (Å²) >= 11 is 5.33. The Morgan fingerprint density at radius 1 is 0.960 bits per heavy atom. The Labute approximate surface area is 150 Å². The second-order valence-electron chi connectivity index (χ2n) is 4.79. The zero-order valence-corrected chi connectivity index (χ0v) is 14.1. The van der Waals surface area contributed by atoms with Crippen molar-refractivity contribution in [3.63, 3.8) is 0 Å². The molecule has 0 spiro atoms. The second-order valence-corrected chi connectivity index (χ2v) is 6.27. The lowest BCUT2D eigenvalue weighted by Crippen LogP contribution is -2.19. The van der Waals surface area contributed by atoms with Crippen LogP contribution < -0.4 is 10.6 Å². The van der Waals surface area contributed by atoms with Gasteiger partial charge in [0.25, 0.3) is 5.91 Å². The van der Waals surface area contributed by atoms with Crippen LogP contribution in [-0.4, -0.2) is 23.1 Å². The molecule has 2 aromatic carbocycles. The van der Waals surface area contributed by atoms with Gasteiger partial charge in [-0.2, -0.15) is 13.2 Å². The third-order valence-electron chi connectivity index (χ3n) is 2.92. The molecule has 0 aliphatic heterocycles. The topological polar surface area (TPSA) is 58.2 Å². The zero-order valence-electron chi connectivity index (χ0n) is 12.6. The van der Waals surface area contributed by atoms with Gasteiger partial charge < -0.3 is 10.6 Å². The van der Waals surface area contributed by atoms with Crippen molar-refractivity contribution in [2.24, 2.45) is 0 Å². The molecular formula is C16H12ClF3N2O2S. The first-order valence-corrected chi connectivity index (χ1v) is 8.27. The van der Waals surface area contributed by atoms with Crippen LogP contribution in [0.4, 0.5) is 24.5 Å². The molecule has 0 unspecified atom stereocenters. The van der Waals surface area contributed by atoms with Crippen molar-refractivity contribution in [1.29, 1.82) is 0 Å². The van der Waals surface area contributed by atoms with E-state index in [0.717, 1.165) is 0 Å². The molecule has 25 heavy (non-hydrogen) atoms. The van der Waals surface area contributed by atoms with Gasteiger partial charge in [-0.3, -0.25) is 9.59 Å². The lowest BCUT2D eigenvalue weighted by molar-refractivity contribution is -0.114. The highest BCUT2D eigenvalue weighted by Gasteiger charge is 2.29. The number of rotatable bonds is 5. The Morgan fingerprint density at radius 3 is 2.08 bits per heavy atom. The van der Waals surface area contributed by atoms with Gasteiger partial charge >= 0.3 is 5.51 Å². The maximum Gasteiger partial charge on any atom is 0.442 e. The molecule has 2 rings (SSSR count). The Bertz CT molecular complexity index is 767. The van der Waals surface area contributed by atoms with Crippen molar-refractivity contribution in [3.8, 4) is 0 Å². The van der Waals surface area contributed by atoms with E-state index >= 15 is 0 Å². The van der Waals surface area contributed by atoms with E-state index in [0.29, 0.717) is 10.6 Å². The molecule has 0 radical (unpaired) electrons. The number of amides is 2. The molecule has 2 amide bonds. The average Bonchev–Trinajstić information content (AvgIpc) is 2.55. The number of hydrogen-bond donors (Lipinski definition) is 2. The number of para-hydroxylation sites is 2. The third-order valence-corrected chi connectivity index (χ3v) is 3.91. The van der Waals surface area contributed by atoms with Crippen LogP contribution in [0.25, 0.3) is 0 Å². The van der Waals surface area contributed by atoms with Gasteiger partial charge in [0.1, 0.15) is 0 Å². The molecule has 0 aliphatic carbocycles. The molecule has 0 aromatic heterocycles. The average molecular weight is 389 g/mol. The fourth-order valence-corrected chi connectivity index (χ4v) is 2.32. The van der Waals surface area contributed by atoms with E-state index in [2.05, 4.69) is 10.6 Å². The highest BCUT2D eigenvalue weighted by molar-refractivity contribution is 8.00. The fourth-order valence-electron chi connectivity index (χ4n) is 1.83. The molecule has 4 nitrogen and oxygen atoms in total. The van der Waals surface area contributed by atoms with Gasteiger partial charge in [0.15, 0.2) is 0 Å². The Balaban J connectivity index is 2.06. The fraction of sp³-hybridized carbons (Fsp3) is 0.125. The minimum Gasteiger partial charge on any atom is -0.324 e. The molecular weight excluding hydrogens is 377 g/mol. The van der Waals surface area contributed by atoms with Gasteiger partial charge in [-0.05, 0) is 48.2 Å². The van der Waals surface area contributed by atoms with E-state index < -0.39 is 34.8 Å². The molecule has 0 atom stereocenters. The van der Waals surface area contributed by atoms with Crippen LogP contribution in [-0.2, 0) is 4.79 Å². The van der Waals surface area contributed by atoms with Gasteiger partial charge in [0, 0.05) is 10.6 Å². The van der Waals surface area contributed by atoms with E-state index in [1.54, 1.807) is 24.3 Å². The molecule has 2 aromatic rings. The highest BCUT2D eigenvalue weighted by Crippen LogP contribution is 2.30. The predicted octanol–water partition coefficient (Wildman–Crippen LogP) is 4.78. The van der Waals surface area contributed by atoms with Crippen LogP contribution in [0.2, 0.25) is 5.02 Å². The smallest absolute Gasteiger partial charge is 0.324 e. The molecule has 0 saturated carbocycles. The van der Waals surface area contributed by atoms with Crippen LogP contribution in [0.15, 0.2) is 48.5 Å². The van der Waals surface area contributed by atoms with Crippen LogP contribution >= 0.6 is 23.4 Å². The summed E-state index contributed by atoms with van der Waals surface area (Å²) < 4.78 is 36.4. The van der Waals surface area contributed by atoms with Crippen LogP contribution in [0, 0.1) is 0 Å². The first-order chi connectivity index (χ1) is 11.7. The van der Waals surface area contributed by atoms with E-state index in [1.165, 1.54) is 24.3 Å². The van der Waals surface area contributed by atoms with Crippen LogP contribution in [0.1, 0.15) is 10.4 Å². The van der Waals surface area contributed by atoms with E-state index in [9.17, 15) is 22.8 Å². The summed E-state index contributed by atoms with van der Waals surface area (Å²) in [6.07, 6.45) is 0. The number of halogens is 4. The molecule has 0 heterocycles. The standard InChI is InChI=1S/C16H12ClF3N2O2S/c17-11-7-5-10(6-8-11)15(24)22-13-4-2-1-3-12(13)21-14(23)9-25-16(18,19)20/h1-8H,9H2,(H,21,23)(H,22,24). The summed E-state index contributed by atoms with van der Waals surface area (Å²) in [5.74, 6) is -2.04. The molecule has 0 fully saturated rings. The summed E-state index contributed by atoms with van der Waals surface area (Å²) in [4.78, 5) is 23.8. The maximum atomic E-state index is 12.2. The molecule has 0 saturated heterocycles. The van der Waals surface area contributed by atoms with Gasteiger partial charge in [0.2, 0.25) is 5.91 Å². The quantitative estimate of drug-likeness (QED) is 0.774. The van der Waals surface area contributed by atoms with Crippen LogP contribution in [0.5, 0.6) is 0 Å². The Kier molecular flexibility index (Phi) is 6.33. The molecule has 132 valence electrons. The number of hydrogen-bond acceptors (Lipinski definition) is 3. The summed E-state index contributed by atoms with van der Waals surface area (Å²) in [6.45, 7) is 0. The van der Waals surface area contributed by atoms with Crippen molar-refractivity contribution in [1.82, 2.24) is 0 Å². The van der Waals surface area contributed by atoms with Gasteiger partial charge in [-0.1, -0.05) is 23.7 Å². The zero-order chi connectivity index (χ0) is 18.4. The Hall–Kier alpha value is -2.19. The number of nitrogens with one attached hydrogen (secondary N) is 2. The van der Waals surface area contributed by atoms with Crippen molar-refractivity contribution >= 4 is 46.6 Å². The van der Waals surface area contributed by atoms with Gasteiger partial charge in [0.05, 0.1) is 17.1 Å². The van der Waals surface area contributed by atoms with Crippen molar-refractivity contribution in [2.45, 2.75) is 5.51 Å². The van der Waals surface area contributed by atoms with E-state index in [1.807, 2.05) is 0 Å². The number of anilines is 2. The first-order valence-electron chi connectivity index (χ1n) is 6.91. The summed E-state index contributed by atoms with van der Waals surface area (Å²) in [5.41, 5.74) is -3.66. The third kappa shape index (κ3) is 6.32. The normalized spacial score (nSPS) is 11.0. The number of carbonyl (C=O) groups is 2. The van der Waals surface area contributed by atoms with Crippen LogP contribution in [0.3, 0.4) is 0 Å². The maximum absolute atomic E-state index is 12.2. The minimum atomic E-state index is -4.49. The monoisotopic (exact) mass is 388 g/mol. The van der Waals surface area contributed by atoms with Gasteiger partial charge in [-0.15, -0.1) is 0 Å². The summed E-state index contributed by atoms with van der Waals surface area (Å²) in [5, 5.41) is 5.43. The lowest BCUT2D eigenvalue weighted by atomic mass is 10.2. The van der Waals surface area contributed by atoms with Crippen molar-refractivity contribution in [2.75, 3.05) is 16.4 Å². The lowest BCUT2D eigenvalue weighted by Gasteiger charge is -2.12. The van der Waals surface area contributed by atoms with Crippen molar-refractivity contribution < 1.29 is 22.8 Å². The number of benzene rings is 2. The first kappa shape index (κ1) is 19.1. The number of alkyl halides is 3.